The summed E-state index contributed by atoms with van der Waals surface area (Å²) in [6, 6.07) is 12.5. The van der Waals surface area contributed by atoms with Gasteiger partial charge in [-0.15, -0.1) is 0 Å². The van der Waals surface area contributed by atoms with Gasteiger partial charge in [0.05, 0.1) is 6.26 Å². The summed E-state index contributed by atoms with van der Waals surface area (Å²) in [6.07, 6.45) is 5.84. The highest BCUT2D eigenvalue weighted by molar-refractivity contribution is 6.31. The van der Waals surface area contributed by atoms with Crippen molar-refractivity contribution in [3.05, 3.63) is 59.0 Å². The quantitative estimate of drug-likeness (QED) is 0.776. The molecule has 20 heavy (non-hydrogen) atoms. The molecule has 0 fully saturated rings. The summed E-state index contributed by atoms with van der Waals surface area (Å²) in [7, 11) is 0. The summed E-state index contributed by atoms with van der Waals surface area (Å²) in [5, 5.41) is 4.46. The lowest BCUT2D eigenvalue weighted by Crippen LogP contribution is -2.32. The molecule has 0 aliphatic rings. The lowest BCUT2D eigenvalue weighted by atomic mass is 10.0. The van der Waals surface area contributed by atoms with Gasteiger partial charge in [-0.05, 0) is 49.6 Å². The maximum Gasteiger partial charge on any atom is 0.103 e. The second-order valence-corrected chi connectivity index (χ2v) is 5.47. The van der Waals surface area contributed by atoms with E-state index in [0.29, 0.717) is 6.04 Å². The number of rotatable bonds is 8. The molecule has 2 rings (SSSR count). The molecule has 1 N–H and O–H groups in total. The molecule has 2 aromatic rings. The fourth-order valence-corrected chi connectivity index (χ4v) is 2.54. The van der Waals surface area contributed by atoms with Crippen LogP contribution in [0.15, 0.2) is 47.1 Å². The fraction of sp³-hybridized carbons (Fsp3) is 0.412. The summed E-state index contributed by atoms with van der Waals surface area (Å²) in [6.45, 7) is 3.22. The van der Waals surface area contributed by atoms with Crippen LogP contribution < -0.4 is 5.32 Å². The maximum atomic E-state index is 6.26. The SMILES string of the molecule is CCCNC(CCc1ccco1)Cc1ccccc1Cl. The van der Waals surface area contributed by atoms with E-state index in [2.05, 4.69) is 18.3 Å². The summed E-state index contributed by atoms with van der Waals surface area (Å²) >= 11 is 6.26. The van der Waals surface area contributed by atoms with Gasteiger partial charge in [0, 0.05) is 17.5 Å². The first-order valence-electron chi connectivity index (χ1n) is 7.28. The van der Waals surface area contributed by atoms with Crippen molar-refractivity contribution in [2.75, 3.05) is 6.54 Å². The van der Waals surface area contributed by atoms with Crippen LogP contribution in [-0.4, -0.2) is 12.6 Å². The second-order valence-electron chi connectivity index (χ2n) is 5.06. The van der Waals surface area contributed by atoms with Crippen LogP contribution in [0.1, 0.15) is 31.1 Å². The molecular formula is C17H22ClNO. The van der Waals surface area contributed by atoms with E-state index in [1.54, 1.807) is 6.26 Å². The highest BCUT2D eigenvalue weighted by Crippen LogP contribution is 2.18. The van der Waals surface area contributed by atoms with Crippen molar-refractivity contribution < 1.29 is 4.42 Å². The smallest absolute Gasteiger partial charge is 0.103 e. The Morgan fingerprint density at radius 1 is 1.20 bits per heavy atom. The minimum Gasteiger partial charge on any atom is -0.469 e. The number of hydrogen-bond acceptors (Lipinski definition) is 2. The van der Waals surface area contributed by atoms with Crippen LogP contribution in [0.5, 0.6) is 0 Å². The largest absolute Gasteiger partial charge is 0.469 e. The third kappa shape index (κ3) is 4.69. The second kappa shape index (κ2) is 8.13. The van der Waals surface area contributed by atoms with Crippen molar-refractivity contribution in [1.82, 2.24) is 5.32 Å². The van der Waals surface area contributed by atoms with Gasteiger partial charge in [-0.25, -0.2) is 0 Å². The maximum absolute atomic E-state index is 6.26. The first kappa shape index (κ1) is 15.1. The molecule has 1 heterocycles. The molecule has 0 aliphatic heterocycles. The predicted molar refractivity (Wildman–Crippen MR) is 84.3 cm³/mol. The monoisotopic (exact) mass is 291 g/mol. The molecule has 3 heteroatoms. The molecule has 1 aromatic carbocycles. The topological polar surface area (TPSA) is 25.2 Å². The van der Waals surface area contributed by atoms with E-state index in [1.807, 2.05) is 30.3 Å². The molecule has 0 bridgehead atoms. The Morgan fingerprint density at radius 3 is 2.75 bits per heavy atom. The van der Waals surface area contributed by atoms with Crippen LogP contribution in [0.3, 0.4) is 0 Å². The average Bonchev–Trinajstić information content (AvgIpc) is 2.97. The van der Waals surface area contributed by atoms with E-state index >= 15 is 0 Å². The van der Waals surface area contributed by atoms with Gasteiger partial charge in [-0.3, -0.25) is 0 Å². The van der Waals surface area contributed by atoms with Gasteiger partial charge in [0.25, 0.3) is 0 Å². The van der Waals surface area contributed by atoms with Gasteiger partial charge in [-0.1, -0.05) is 36.7 Å². The molecule has 1 atom stereocenters. The van der Waals surface area contributed by atoms with Gasteiger partial charge in [0.15, 0.2) is 0 Å². The highest BCUT2D eigenvalue weighted by Gasteiger charge is 2.11. The first-order valence-corrected chi connectivity index (χ1v) is 7.66. The molecule has 1 aromatic heterocycles. The highest BCUT2D eigenvalue weighted by atomic mass is 35.5. The molecule has 0 aliphatic carbocycles. The third-order valence-electron chi connectivity index (χ3n) is 3.43. The molecule has 108 valence electrons. The van der Waals surface area contributed by atoms with E-state index < -0.39 is 0 Å². The Balaban J connectivity index is 1.94. The van der Waals surface area contributed by atoms with Gasteiger partial charge >= 0.3 is 0 Å². The van der Waals surface area contributed by atoms with Crippen molar-refractivity contribution in [3.8, 4) is 0 Å². The van der Waals surface area contributed by atoms with Gasteiger partial charge < -0.3 is 9.73 Å². The molecular weight excluding hydrogens is 270 g/mol. The number of benzene rings is 1. The fourth-order valence-electron chi connectivity index (χ4n) is 2.33. The molecule has 0 spiro atoms. The van der Waals surface area contributed by atoms with Crippen molar-refractivity contribution >= 4 is 11.6 Å². The Bertz CT molecular complexity index is 495. The number of aryl methyl sites for hydroxylation is 1. The van der Waals surface area contributed by atoms with Crippen molar-refractivity contribution in [2.45, 2.75) is 38.6 Å². The summed E-state index contributed by atoms with van der Waals surface area (Å²) in [5.41, 5.74) is 1.21. The first-order chi connectivity index (χ1) is 9.79. The van der Waals surface area contributed by atoms with Crippen LogP contribution in [0, 0.1) is 0 Å². The summed E-state index contributed by atoms with van der Waals surface area (Å²) in [5.74, 6) is 1.05. The molecule has 0 saturated carbocycles. The van der Waals surface area contributed by atoms with E-state index in [0.717, 1.165) is 43.0 Å². The zero-order valence-electron chi connectivity index (χ0n) is 11.9. The lowest BCUT2D eigenvalue weighted by molar-refractivity contribution is 0.441. The van der Waals surface area contributed by atoms with E-state index in [4.69, 9.17) is 16.0 Å². The van der Waals surface area contributed by atoms with Gasteiger partial charge in [0.1, 0.15) is 5.76 Å². The van der Waals surface area contributed by atoms with Gasteiger partial charge in [0.2, 0.25) is 0 Å². The van der Waals surface area contributed by atoms with Crippen LogP contribution in [0.25, 0.3) is 0 Å². The Labute approximate surface area is 126 Å². The van der Waals surface area contributed by atoms with Crippen molar-refractivity contribution in [2.24, 2.45) is 0 Å². The van der Waals surface area contributed by atoms with Gasteiger partial charge in [-0.2, -0.15) is 0 Å². The molecule has 0 radical (unpaired) electrons. The summed E-state index contributed by atoms with van der Waals surface area (Å²) < 4.78 is 5.41. The minimum absolute atomic E-state index is 0.431. The zero-order valence-corrected chi connectivity index (χ0v) is 12.7. The lowest BCUT2D eigenvalue weighted by Gasteiger charge is -2.18. The van der Waals surface area contributed by atoms with Crippen LogP contribution >= 0.6 is 11.6 Å². The molecule has 2 nitrogen and oxygen atoms in total. The minimum atomic E-state index is 0.431. The Morgan fingerprint density at radius 2 is 2.05 bits per heavy atom. The van der Waals surface area contributed by atoms with E-state index in [9.17, 15) is 0 Å². The van der Waals surface area contributed by atoms with Crippen molar-refractivity contribution in [1.29, 1.82) is 0 Å². The summed E-state index contributed by atoms with van der Waals surface area (Å²) in [4.78, 5) is 0. The zero-order chi connectivity index (χ0) is 14.2. The third-order valence-corrected chi connectivity index (χ3v) is 3.80. The van der Waals surface area contributed by atoms with Crippen LogP contribution in [0.4, 0.5) is 0 Å². The Kier molecular flexibility index (Phi) is 6.16. The van der Waals surface area contributed by atoms with E-state index in [-0.39, 0.29) is 0 Å². The number of hydrogen-bond donors (Lipinski definition) is 1. The average molecular weight is 292 g/mol. The number of nitrogens with one attached hydrogen (secondary N) is 1. The number of furan rings is 1. The van der Waals surface area contributed by atoms with Crippen molar-refractivity contribution in [3.63, 3.8) is 0 Å². The Hall–Kier alpha value is -1.25. The number of halogens is 1. The van der Waals surface area contributed by atoms with E-state index in [1.165, 1.54) is 5.56 Å². The van der Waals surface area contributed by atoms with Crippen LogP contribution in [-0.2, 0) is 12.8 Å². The standard InChI is InChI=1S/C17H22ClNO/c1-2-11-19-15(9-10-16-7-5-12-20-16)13-14-6-3-4-8-17(14)18/h3-8,12,15,19H,2,9-11,13H2,1H3. The molecule has 1 unspecified atom stereocenters. The van der Waals surface area contributed by atoms with Crippen LogP contribution in [0.2, 0.25) is 5.02 Å². The predicted octanol–water partition coefficient (Wildman–Crippen LogP) is 4.48. The molecule has 0 saturated heterocycles. The normalized spacial score (nSPS) is 12.5. The molecule has 0 amide bonds.